The number of nitrogen functional groups attached to an aromatic ring is 1. The molecule has 0 bridgehead atoms. The van der Waals surface area contributed by atoms with E-state index in [1.54, 1.807) is 27.9 Å². The van der Waals surface area contributed by atoms with Gasteiger partial charge < -0.3 is 15.4 Å². The van der Waals surface area contributed by atoms with E-state index in [0.717, 1.165) is 25.0 Å². The van der Waals surface area contributed by atoms with Crippen LogP contribution in [0.1, 0.15) is 18.9 Å². The van der Waals surface area contributed by atoms with Crippen LogP contribution < -0.4 is 10.5 Å². The molecule has 1 aliphatic heterocycles. The van der Waals surface area contributed by atoms with Crippen LogP contribution in [-0.2, 0) is 4.79 Å². The zero-order valence-electron chi connectivity index (χ0n) is 18.6. The number of benzene rings is 1. The second-order valence-electron chi connectivity index (χ2n) is 8.10. The molecule has 1 saturated heterocycles. The number of piperidine rings is 1. The molecule has 5 rings (SSSR count). The van der Waals surface area contributed by atoms with Crippen LogP contribution in [0.15, 0.2) is 55.5 Å². The Hall–Kier alpha value is -4.41. The summed E-state index contributed by atoms with van der Waals surface area (Å²) in [5.74, 6) is -1.51. The Balaban J connectivity index is 1.48. The van der Waals surface area contributed by atoms with Gasteiger partial charge in [-0.2, -0.15) is 5.10 Å². The zero-order chi connectivity index (χ0) is 24.5. The van der Waals surface area contributed by atoms with Gasteiger partial charge >= 0.3 is 0 Å². The number of fused-ring (bicyclic) bond motifs is 1. The first-order valence-corrected chi connectivity index (χ1v) is 10.9. The lowest BCUT2D eigenvalue weighted by atomic mass is 10.1. The third-order valence-electron chi connectivity index (χ3n) is 5.87. The summed E-state index contributed by atoms with van der Waals surface area (Å²) in [7, 11) is 0. The molecule has 0 spiro atoms. The molecule has 1 fully saturated rings. The number of hydrogen-bond donors (Lipinski definition) is 1. The number of likely N-dealkylation sites (tertiary alicyclic amines) is 1. The number of pyridine rings is 1. The van der Waals surface area contributed by atoms with Gasteiger partial charge in [-0.05, 0) is 37.1 Å². The molecule has 0 radical (unpaired) electrons. The molecule has 1 aromatic carbocycles. The quantitative estimate of drug-likeness (QED) is 0.434. The van der Waals surface area contributed by atoms with E-state index in [1.807, 2.05) is 0 Å². The minimum atomic E-state index is -1.01. The van der Waals surface area contributed by atoms with Crippen molar-refractivity contribution in [2.75, 3.05) is 18.8 Å². The van der Waals surface area contributed by atoms with Crippen LogP contribution in [0.3, 0.4) is 0 Å². The van der Waals surface area contributed by atoms with Crippen LogP contribution >= 0.6 is 0 Å². The highest BCUT2D eigenvalue weighted by molar-refractivity contribution is 5.98. The summed E-state index contributed by atoms with van der Waals surface area (Å²) in [5, 5.41) is 5.38. The first-order valence-electron chi connectivity index (χ1n) is 10.9. The smallest absolute Gasteiger partial charge is 0.246 e. The second-order valence-corrected chi connectivity index (χ2v) is 8.10. The minimum absolute atomic E-state index is 0.0952. The normalized spacial score (nSPS) is 15.8. The number of nitrogens with zero attached hydrogens (tertiary/aromatic N) is 6. The van der Waals surface area contributed by atoms with E-state index >= 15 is 0 Å². The van der Waals surface area contributed by atoms with Crippen LogP contribution in [-0.4, -0.2) is 48.6 Å². The number of carbonyl (C=O) groups is 1. The Morgan fingerprint density at radius 2 is 2.03 bits per heavy atom. The van der Waals surface area contributed by atoms with Crippen LogP contribution in [0.2, 0.25) is 0 Å². The highest BCUT2D eigenvalue weighted by Gasteiger charge is 2.28. The van der Waals surface area contributed by atoms with Crippen molar-refractivity contribution in [2.45, 2.75) is 18.9 Å². The predicted octanol–water partition coefficient (Wildman–Crippen LogP) is 3.89. The van der Waals surface area contributed by atoms with Gasteiger partial charge in [-0.3, -0.25) is 4.79 Å². The van der Waals surface area contributed by atoms with E-state index in [2.05, 4.69) is 21.5 Å². The predicted molar refractivity (Wildman–Crippen MR) is 124 cm³/mol. The van der Waals surface area contributed by atoms with Crippen molar-refractivity contribution < 1.29 is 18.3 Å². The van der Waals surface area contributed by atoms with Gasteiger partial charge in [0.05, 0.1) is 11.4 Å². The number of anilines is 1. The summed E-state index contributed by atoms with van der Waals surface area (Å²) in [6, 6.07) is 6.47. The average Bonchev–Trinajstić information content (AvgIpc) is 3.27. The van der Waals surface area contributed by atoms with Crippen LogP contribution in [0, 0.1) is 11.6 Å². The van der Waals surface area contributed by atoms with Crippen LogP contribution in [0.4, 0.5) is 14.6 Å². The molecule has 178 valence electrons. The molecule has 1 aliphatic rings. The number of aromatic nitrogens is 5. The van der Waals surface area contributed by atoms with Crippen molar-refractivity contribution in [2.24, 2.45) is 0 Å². The Bertz CT molecular complexity index is 1420. The number of halogens is 2. The number of nitrogens with two attached hydrogens (primary N) is 1. The fraction of sp³-hybridized carbons (Fsp3) is 0.208. The van der Waals surface area contributed by atoms with Crippen molar-refractivity contribution >= 4 is 22.8 Å². The van der Waals surface area contributed by atoms with E-state index in [0.29, 0.717) is 35.4 Å². The lowest BCUT2D eigenvalue weighted by Crippen LogP contribution is -2.40. The fourth-order valence-corrected chi connectivity index (χ4v) is 4.18. The summed E-state index contributed by atoms with van der Waals surface area (Å²) in [4.78, 5) is 26.7. The standard InChI is InChI=1S/C24H21F2N7O2/c1-2-20(34)32-9-3-4-15(12-32)33-24-21(23(27)29-13-30-24)22(31-33)14-5-8-19(28-11-14)35-16-6-7-17(25)18(26)10-16/h2,5-8,10-11,13,15H,1,3-4,9,12H2,(H2,27,29,30)/t15-/m1/s1. The molecule has 0 aliphatic carbocycles. The van der Waals surface area contributed by atoms with E-state index in [4.69, 9.17) is 15.6 Å². The van der Waals surface area contributed by atoms with Gasteiger partial charge in [0.15, 0.2) is 17.3 Å². The molecule has 3 aromatic heterocycles. The number of ether oxygens (including phenoxy) is 1. The third kappa shape index (κ3) is 4.27. The average molecular weight is 477 g/mol. The number of amides is 1. The van der Waals surface area contributed by atoms with Gasteiger partial charge in [0, 0.05) is 37.0 Å². The van der Waals surface area contributed by atoms with Crippen molar-refractivity contribution in [3.63, 3.8) is 0 Å². The lowest BCUT2D eigenvalue weighted by Gasteiger charge is -2.32. The largest absolute Gasteiger partial charge is 0.439 e. The summed E-state index contributed by atoms with van der Waals surface area (Å²) in [5.41, 5.74) is 7.94. The maximum Gasteiger partial charge on any atom is 0.246 e. The van der Waals surface area contributed by atoms with Crippen molar-refractivity contribution in [3.05, 3.63) is 67.1 Å². The van der Waals surface area contributed by atoms with Crippen molar-refractivity contribution in [3.8, 4) is 22.9 Å². The molecule has 0 unspecified atom stereocenters. The maximum atomic E-state index is 13.5. The van der Waals surface area contributed by atoms with E-state index in [-0.39, 0.29) is 29.4 Å². The van der Waals surface area contributed by atoms with Crippen LogP contribution in [0.25, 0.3) is 22.3 Å². The highest BCUT2D eigenvalue weighted by Crippen LogP contribution is 2.34. The monoisotopic (exact) mass is 477 g/mol. The topological polar surface area (TPSA) is 112 Å². The molecule has 4 heterocycles. The van der Waals surface area contributed by atoms with E-state index in [1.165, 1.54) is 18.5 Å². The summed E-state index contributed by atoms with van der Waals surface area (Å²) >= 11 is 0. The number of rotatable bonds is 5. The summed E-state index contributed by atoms with van der Waals surface area (Å²) in [6.07, 6.45) is 5.87. The third-order valence-corrected chi connectivity index (χ3v) is 5.87. The highest BCUT2D eigenvalue weighted by atomic mass is 19.2. The lowest BCUT2D eigenvalue weighted by molar-refractivity contribution is -0.127. The maximum absolute atomic E-state index is 13.5. The van der Waals surface area contributed by atoms with Crippen LogP contribution in [0.5, 0.6) is 11.6 Å². The second kappa shape index (κ2) is 9.09. The molecule has 0 saturated carbocycles. The Morgan fingerprint density at radius 1 is 1.17 bits per heavy atom. The molecule has 4 aromatic rings. The molecule has 1 amide bonds. The first kappa shape index (κ1) is 22.4. The van der Waals surface area contributed by atoms with E-state index in [9.17, 15) is 13.6 Å². The van der Waals surface area contributed by atoms with Crippen molar-refractivity contribution in [1.82, 2.24) is 29.6 Å². The molecule has 11 heteroatoms. The zero-order valence-corrected chi connectivity index (χ0v) is 18.6. The van der Waals surface area contributed by atoms with Gasteiger partial charge in [0.2, 0.25) is 11.8 Å². The fourth-order valence-electron chi connectivity index (χ4n) is 4.18. The molecular formula is C24H21F2N7O2. The van der Waals surface area contributed by atoms with E-state index < -0.39 is 11.6 Å². The summed E-state index contributed by atoms with van der Waals surface area (Å²) in [6.45, 7) is 4.71. The first-order chi connectivity index (χ1) is 16.9. The van der Waals surface area contributed by atoms with Gasteiger partial charge in [-0.25, -0.2) is 28.4 Å². The molecular weight excluding hydrogens is 456 g/mol. The van der Waals surface area contributed by atoms with Gasteiger partial charge in [0.25, 0.3) is 0 Å². The SMILES string of the molecule is C=CC(=O)N1CCC[C@@H](n2nc(-c3ccc(Oc4ccc(F)c(F)c4)nc3)c3c(N)ncnc32)C1. The Kier molecular flexibility index (Phi) is 5.81. The molecule has 2 N–H and O–H groups in total. The molecule has 9 nitrogen and oxygen atoms in total. The number of hydrogen-bond acceptors (Lipinski definition) is 7. The van der Waals surface area contributed by atoms with Gasteiger partial charge in [-0.15, -0.1) is 0 Å². The molecule has 1 atom stereocenters. The number of carbonyl (C=O) groups excluding carboxylic acids is 1. The Labute approximate surface area is 198 Å². The minimum Gasteiger partial charge on any atom is -0.439 e. The van der Waals surface area contributed by atoms with Gasteiger partial charge in [0.1, 0.15) is 23.6 Å². The summed E-state index contributed by atoms with van der Waals surface area (Å²) < 4.78 is 33.9. The molecule has 35 heavy (non-hydrogen) atoms. The van der Waals surface area contributed by atoms with Crippen molar-refractivity contribution in [1.29, 1.82) is 0 Å². The van der Waals surface area contributed by atoms with Gasteiger partial charge in [-0.1, -0.05) is 6.58 Å². The Morgan fingerprint density at radius 3 is 2.77 bits per heavy atom.